The third-order valence-electron chi connectivity index (χ3n) is 2.64. The van der Waals surface area contributed by atoms with E-state index in [0.717, 1.165) is 0 Å². The zero-order valence-corrected chi connectivity index (χ0v) is 12.5. The van der Waals surface area contributed by atoms with E-state index in [9.17, 15) is 13.2 Å². The quantitative estimate of drug-likeness (QED) is 0.616. The topological polar surface area (TPSA) is 80.2 Å². The Kier molecular flexibility index (Phi) is 4.20. The summed E-state index contributed by atoms with van der Waals surface area (Å²) in [6.45, 7) is 0.164. The lowest BCUT2D eigenvalue weighted by atomic mass is 10.1. The Hall–Kier alpha value is -0.630. The van der Waals surface area contributed by atoms with E-state index in [-0.39, 0.29) is 40.6 Å². The molecule has 6 nitrogen and oxygen atoms in total. The maximum absolute atomic E-state index is 11.9. The van der Waals surface area contributed by atoms with Crippen LogP contribution in [0, 0.1) is 5.92 Å². The normalized spacial score (nSPS) is 20.1. The molecule has 0 bridgehead atoms. The van der Waals surface area contributed by atoms with Gasteiger partial charge in [0.1, 0.15) is 12.0 Å². The van der Waals surface area contributed by atoms with Gasteiger partial charge in [0.05, 0.1) is 5.75 Å². The first-order valence-electron chi connectivity index (χ1n) is 5.16. The van der Waals surface area contributed by atoms with Crippen LogP contribution in [0.15, 0.2) is 6.33 Å². The molecule has 1 aromatic rings. The molecule has 1 fully saturated rings. The lowest BCUT2D eigenvalue weighted by Gasteiger charge is -2.17. The number of hydrogen-bond donors (Lipinski definition) is 0. The number of nitrogens with zero attached hydrogens (tertiary/aromatic N) is 3. The van der Waals surface area contributed by atoms with Gasteiger partial charge >= 0.3 is 0 Å². The van der Waals surface area contributed by atoms with Gasteiger partial charge in [-0.2, -0.15) is 0 Å². The van der Waals surface area contributed by atoms with E-state index in [4.69, 9.17) is 33.9 Å². The summed E-state index contributed by atoms with van der Waals surface area (Å²) in [5, 5.41) is 0.0884. The van der Waals surface area contributed by atoms with Gasteiger partial charge in [0.2, 0.25) is 15.0 Å². The highest BCUT2D eigenvalue weighted by Gasteiger charge is 2.35. The maximum Gasteiger partial charge on any atom is 0.232 e. The highest BCUT2D eigenvalue weighted by atomic mass is 35.7. The van der Waals surface area contributed by atoms with Crippen molar-refractivity contribution >= 4 is 54.5 Å². The molecular weight excluding hydrogens is 337 g/mol. The second kappa shape index (κ2) is 5.40. The molecule has 2 rings (SSSR count). The van der Waals surface area contributed by atoms with Gasteiger partial charge in [0, 0.05) is 29.6 Å². The average Bonchev–Trinajstić information content (AvgIpc) is 2.56. The second-order valence-corrected chi connectivity index (χ2v) is 7.62. The Labute approximate surface area is 124 Å². The smallest absolute Gasteiger partial charge is 0.232 e. The van der Waals surface area contributed by atoms with Crippen LogP contribution in [-0.4, -0.2) is 36.6 Å². The summed E-state index contributed by atoms with van der Waals surface area (Å²) in [5.41, 5.74) is 0.199. The van der Waals surface area contributed by atoms with Gasteiger partial charge in [-0.15, -0.1) is 0 Å². The van der Waals surface area contributed by atoms with Crippen LogP contribution in [0.5, 0.6) is 0 Å². The fourth-order valence-electron chi connectivity index (χ4n) is 1.95. The summed E-state index contributed by atoms with van der Waals surface area (Å²) >= 11 is 11.8. The maximum atomic E-state index is 11.9. The van der Waals surface area contributed by atoms with E-state index in [2.05, 4.69) is 9.97 Å². The van der Waals surface area contributed by atoms with Crippen LogP contribution in [0.25, 0.3) is 0 Å². The number of rotatable bonds is 3. The van der Waals surface area contributed by atoms with E-state index in [1.165, 1.54) is 11.2 Å². The highest BCUT2D eigenvalue weighted by Crippen LogP contribution is 2.34. The summed E-state index contributed by atoms with van der Waals surface area (Å²) in [4.78, 5) is 20.7. The van der Waals surface area contributed by atoms with Gasteiger partial charge in [-0.05, 0) is 0 Å². The second-order valence-electron chi connectivity index (χ2n) is 4.08. The van der Waals surface area contributed by atoms with Crippen molar-refractivity contribution in [3.8, 4) is 0 Å². The van der Waals surface area contributed by atoms with Crippen LogP contribution in [0.4, 0.5) is 5.69 Å². The molecule has 1 aliphatic heterocycles. The van der Waals surface area contributed by atoms with Gasteiger partial charge in [-0.1, -0.05) is 23.2 Å². The minimum Gasteiger partial charge on any atom is -0.307 e. The molecule has 10 heteroatoms. The molecule has 0 N–H and O–H groups in total. The first-order chi connectivity index (χ1) is 8.78. The Balaban J connectivity index is 2.26. The van der Waals surface area contributed by atoms with Gasteiger partial charge in [-0.25, -0.2) is 18.4 Å². The van der Waals surface area contributed by atoms with Gasteiger partial charge < -0.3 is 4.90 Å². The summed E-state index contributed by atoms with van der Waals surface area (Å²) < 4.78 is 22.1. The molecule has 1 saturated heterocycles. The van der Waals surface area contributed by atoms with Crippen LogP contribution in [0.3, 0.4) is 0 Å². The van der Waals surface area contributed by atoms with E-state index < -0.39 is 15.0 Å². The number of halogens is 3. The molecule has 0 radical (unpaired) electrons. The molecule has 104 valence electrons. The minimum absolute atomic E-state index is 0.0442. The molecule has 1 aromatic heterocycles. The van der Waals surface area contributed by atoms with E-state index >= 15 is 0 Å². The summed E-state index contributed by atoms with van der Waals surface area (Å²) in [6.07, 6.45) is 1.24. The van der Waals surface area contributed by atoms with Crippen molar-refractivity contribution in [3.63, 3.8) is 0 Å². The predicted molar refractivity (Wildman–Crippen MR) is 72.2 cm³/mol. The number of aromatic nitrogens is 2. The first-order valence-corrected chi connectivity index (χ1v) is 8.40. The number of carbonyl (C=O) groups excluding carboxylic acids is 1. The molecule has 0 aliphatic carbocycles. The average molecular weight is 345 g/mol. The Bertz CT molecular complexity index is 602. The standard InChI is InChI=1S/C9H8Cl3N3O3S/c10-8-7(9(11)14-4-13-8)15-2-5(1-6(15)16)3-19(12,17)18/h4-5H,1-3H2. The summed E-state index contributed by atoms with van der Waals surface area (Å²) in [6, 6.07) is 0. The highest BCUT2D eigenvalue weighted by molar-refractivity contribution is 8.13. The van der Waals surface area contributed by atoms with Gasteiger partial charge in [-0.3, -0.25) is 4.79 Å². The van der Waals surface area contributed by atoms with E-state index in [1.807, 2.05) is 0 Å². The Morgan fingerprint density at radius 2 is 1.89 bits per heavy atom. The molecule has 1 unspecified atom stereocenters. The molecule has 1 amide bonds. The van der Waals surface area contributed by atoms with Crippen molar-refractivity contribution < 1.29 is 13.2 Å². The summed E-state index contributed by atoms with van der Waals surface area (Å²) in [7, 11) is 1.52. The Morgan fingerprint density at radius 3 is 2.42 bits per heavy atom. The predicted octanol–water partition coefficient (Wildman–Crippen LogP) is 1.70. The zero-order chi connectivity index (χ0) is 14.2. The number of anilines is 1. The van der Waals surface area contributed by atoms with Crippen LogP contribution < -0.4 is 4.90 Å². The third kappa shape index (κ3) is 3.47. The SMILES string of the molecule is O=C1CC(CS(=O)(=O)Cl)CN1c1c(Cl)ncnc1Cl. The molecule has 1 aliphatic rings. The fourth-order valence-corrected chi connectivity index (χ4v) is 3.79. The van der Waals surface area contributed by atoms with Gasteiger partial charge in [0.25, 0.3) is 0 Å². The summed E-state index contributed by atoms with van der Waals surface area (Å²) in [5.74, 6) is -0.967. The minimum atomic E-state index is -3.66. The van der Waals surface area contributed by atoms with Crippen molar-refractivity contribution in [1.82, 2.24) is 9.97 Å². The van der Waals surface area contributed by atoms with Crippen molar-refractivity contribution in [3.05, 3.63) is 16.6 Å². The van der Waals surface area contributed by atoms with Crippen molar-refractivity contribution in [1.29, 1.82) is 0 Å². The molecule has 0 spiro atoms. The molecule has 1 atom stereocenters. The van der Waals surface area contributed by atoms with Crippen LogP contribution in [-0.2, 0) is 13.8 Å². The van der Waals surface area contributed by atoms with E-state index in [1.54, 1.807) is 0 Å². The number of hydrogen-bond acceptors (Lipinski definition) is 5. The zero-order valence-electron chi connectivity index (χ0n) is 9.38. The first kappa shape index (κ1) is 14.8. The monoisotopic (exact) mass is 343 g/mol. The molecule has 2 heterocycles. The van der Waals surface area contributed by atoms with Crippen molar-refractivity contribution in [2.45, 2.75) is 6.42 Å². The molecule has 0 saturated carbocycles. The lowest BCUT2D eigenvalue weighted by Crippen LogP contribution is -2.26. The van der Waals surface area contributed by atoms with E-state index in [0.29, 0.717) is 0 Å². The molecule has 19 heavy (non-hydrogen) atoms. The van der Waals surface area contributed by atoms with Crippen molar-refractivity contribution in [2.24, 2.45) is 5.92 Å². The number of amides is 1. The largest absolute Gasteiger partial charge is 0.307 e. The van der Waals surface area contributed by atoms with Crippen molar-refractivity contribution in [2.75, 3.05) is 17.2 Å². The Morgan fingerprint density at radius 1 is 1.32 bits per heavy atom. The lowest BCUT2D eigenvalue weighted by molar-refractivity contribution is -0.117. The third-order valence-corrected chi connectivity index (χ3v) is 4.44. The van der Waals surface area contributed by atoms with Gasteiger partial charge in [0.15, 0.2) is 10.3 Å². The fraction of sp³-hybridized carbons (Fsp3) is 0.444. The molecule has 0 aromatic carbocycles. The van der Waals surface area contributed by atoms with Crippen LogP contribution in [0.1, 0.15) is 6.42 Å². The molecular formula is C9H8Cl3N3O3S. The van der Waals surface area contributed by atoms with Crippen LogP contribution in [0.2, 0.25) is 10.3 Å². The number of carbonyl (C=O) groups is 1. The van der Waals surface area contributed by atoms with Crippen LogP contribution >= 0.6 is 33.9 Å².